The molecule has 0 heterocycles. The van der Waals surface area contributed by atoms with Crippen molar-refractivity contribution in [3.8, 4) is 17.2 Å². The van der Waals surface area contributed by atoms with Crippen molar-refractivity contribution >= 4 is 0 Å². The van der Waals surface area contributed by atoms with Gasteiger partial charge < -0.3 is 14.2 Å². The van der Waals surface area contributed by atoms with Gasteiger partial charge in [-0.3, -0.25) is 0 Å². The summed E-state index contributed by atoms with van der Waals surface area (Å²) in [5.74, 6) is 2.14. The van der Waals surface area contributed by atoms with Gasteiger partial charge in [0.15, 0.2) is 0 Å². The maximum absolute atomic E-state index is 6.50. The minimum absolute atomic E-state index is 0.0362. The molecule has 0 atom stereocenters. The first kappa shape index (κ1) is 29.6. The average Bonchev–Trinajstić information content (AvgIpc) is 2.77. The Bertz CT molecular complexity index is 1130. The molecular formula is C35H48O3. The van der Waals surface area contributed by atoms with Gasteiger partial charge >= 0.3 is 6.48 Å². The number of benzene rings is 3. The smallest absolute Gasteiger partial charge is 0.406 e. The Kier molecular flexibility index (Phi) is 8.32. The molecule has 3 aromatic rings. The van der Waals surface area contributed by atoms with Crippen LogP contribution in [0.1, 0.15) is 105 Å². The van der Waals surface area contributed by atoms with E-state index in [0.29, 0.717) is 11.5 Å². The summed E-state index contributed by atoms with van der Waals surface area (Å²) in [6, 6.07) is 22.8. The standard InChI is InChI=1S/C35H48O3/c1-32(2,3)24-13-18-27(19-14-24)36-31(37-28-20-15-25(16-21-28)33(4,5)6)38-30-22-17-26(34(7,8)9)23-29(30)35(10,11)12/h13-23,31H,1-12H3. The van der Waals surface area contributed by atoms with E-state index in [2.05, 4.69) is 119 Å². The Hall–Kier alpha value is -2.94. The molecule has 3 heteroatoms. The minimum atomic E-state index is -0.961. The molecule has 0 saturated heterocycles. The number of ether oxygens (including phenoxy) is 3. The van der Waals surface area contributed by atoms with E-state index in [0.717, 1.165) is 11.3 Å². The van der Waals surface area contributed by atoms with Gasteiger partial charge in [-0.15, -0.1) is 0 Å². The average molecular weight is 517 g/mol. The van der Waals surface area contributed by atoms with Crippen LogP contribution >= 0.6 is 0 Å². The van der Waals surface area contributed by atoms with Crippen molar-refractivity contribution in [2.75, 3.05) is 0 Å². The van der Waals surface area contributed by atoms with Crippen molar-refractivity contribution in [2.24, 2.45) is 0 Å². The van der Waals surface area contributed by atoms with E-state index in [1.54, 1.807) is 0 Å². The Morgan fingerprint density at radius 3 is 1.13 bits per heavy atom. The van der Waals surface area contributed by atoms with Crippen LogP contribution in [0.25, 0.3) is 0 Å². The lowest BCUT2D eigenvalue weighted by molar-refractivity contribution is -0.141. The third kappa shape index (κ3) is 7.79. The molecule has 0 radical (unpaired) electrons. The second-order valence-corrected chi connectivity index (χ2v) is 14.4. The fourth-order valence-electron chi connectivity index (χ4n) is 4.15. The van der Waals surface area contributed by atoms with Crippen LogP contribution < -0.4 is 14.2 Å². The Morgan fingerprint density at radius 1 is 0.421 bits per heavy atom. The van der Waals surface area contributed by atoms with Gasteiger partial charge in [0.2, 0.25) is 0 Å². The molecule has 0 N–H and O–H groups in total. The van der Waals surface area contributed by atoms with E-state index in [4.69, 9.17) is 14.2 Å². The first-order valence-electron chi connectivity index (χ1n) is 13.7. The molecule has 0 bridgehead atoms. The van der Waals surface area contributed by atoms with Crippen molar-refractivity contribution in [3.63, 3.8) is 0 Å². The third-order valence-corrected chi connectivity index (χ3v) is 6.78. The van der Waals surface area contributed by atoms with Gasteiger partial charge in [-0.05, 0) is 68.7 Å². The van der Waals surface area contributed by atoms with Gasteiger partial charge in [0.1, 0.15) is 17.2 Å². The Morgan fingerprint density at radius 2 is 0.789 bits per heavy atom. The molecule has 3 nitrogen and oxygen atoms in total. The molecule has 3 aromatic carbocycles. The SMILES string of the molecule is CC(C)(C)c1ccc(OC(Oc2ccc(C(C)(C)C)cc2)Oc2ccc(C(C)(C)C)cc2C(C)(C)C)cc1. The van der Waals surface area contributed by atoms with Gasteiger partial charge in [-0.1, -0.05) is 119 Å². The molecule has 0 aliphatic carbocycles. The predicted molar refractivity (Wildman–Crippen MR) is 160 cm³/mol. The number of rotatable bonds is 6. The molecular weight excluding hydrogens is 468 g/mol. The fourth-order valence-corrected chi connectivity index (χ4v) is 4.15. The molecule has 0 aliphatic heterocycles. The van der Waals surface area contributed by atoms with E-state index in [1.807, 2.05) is 30.3 Å². The molecule has 3 rings (SSSR count). The second kappa shape index (κ2) is 10.7. The van der Waals surface area contributed by atoms with Crippen molar-refractivity contribution in [1.82, 2.24) is 0 Å². The van der Waals surface area contributed by atoms with Gasteiger partial charge in [0, 0.05) is 5.56 Å². The maximum Gasteiger partial charge on any atom is 0.406 e. The zero-order valence-electron chi connectivity index (χ0n) is 25.7. The zero-order chi connectivity index (χ0) is 28.5. The van der Waals surface area contributed by atoms with Gasteiger partial charge in [0.25, 0.3) is 0 Å². The van der Waals surface area contributed by atoms with Crippen LogP contribution in [0.3, 0.4) is 0 Å². The van der Waals surface area contributed by atoms with Crippen molar-refractivity contribution in [1.29, 1.82) is 0 Å². The van der Waals surface area contributed by atoms with E-state index in [-0.39, 0.29) is 21.7 Å². The van der Waals surface area contributed by atoms with Crippen molar-refractivity contribution in [3.05, 3.63) is 89.0 Å². The highest BCUT2D eigenvalue weighted by Crippen LogP contribution is 2.36. The van der Waals surface area contributed by atoms with Crippen LogP contribution in [0, 0.1) is 0 Å². The highest BCUT2D eigenvalue weighted by Gasteiger charge is 2.26. The normalized spacial score (nSPS) is 13.0. The highest BCUT2D eigenvalue weighted by molar-refractivity contribution is 5.44. The highest BCUT2D eigenvalue weighted by atomic mass is 16.8. The zero-order valence-corrected chi connectivity index (χ0v) is 25.7. The largest absolute Gasteiger partial charge is 0.423 e. The predicted octanol–water partition coefficient (Wildman–Crippen LogP) is 9.70. The van der Waals surface area contributed by atoms with Crippen LogP contribution in [-0.4, -0.2) is 6.48 Å². The van der Waals surface area contributed by atoms with Gasteiger partial charge in [-0.2, -0.15) is 0 Å². The van der Waals surface area contributed by atoms with Crippen LogP contribution in [-0.2, 0) is 21.7 Å². The summed E-state index contributed by atoms with van der Waals surface area (Å²) in [7, 11) is 0. The first-order chi connectivity index (χ1) is 17.3. The van der Waals surface area contributed by atoms with Crippen LogP contribution in [0.5, 0.6) is 17.2 Å². The Balaban J connectivity index is 1.97. The molecule has 38 heavy (non-hydrogen) atoms. The summed E-state index contributed by atoms with van der Waals surface area (Å²) in [5.41, 5.74) is 4.92. The monoisotopic (exact) mass is 516 g/mol. The number of hydrogen-bond donors (Lipinski definition) is 0. The molecule has 0 fully saturated rings. The van der Waals surface area contributed by atoms with Crippen LogP contribution in [0.15, 0.2) is 66.7 Å². The lowest BCUT2D eigenvalue weighted by atomic mass is 9.80. The molecule has 0 unspecified atom stereocenters. The summed E-state index contributed by atoms with van der Waals surface area (Å²) < 4.78 is 19.1. The van der Waals surface area contributed by atoms with Crippen molar-refractivity contribution < 1.29 is 14.2 Å². The molecule has 206 valence electrons. The summed E-state index contributed by atoms with van der Waals surface area (Å²) >= 11 is 0. The van der Waals surface area contributed by atoms with E-state index in [1.165, 1.54) is 16.7 Å². The van der Waals surface area contributed by atoms with Gasteiger partial charge in [0.05, 0.1) is 0 Å². The lowest BCUT2D eigenvalue weighted by Crippen LogP contribution is -2.32. The summed E-state index contributed by atoms with van der Waals surface area (Å²) in [5, 5.41) is 0. The summed E-state index contributed by atoms with van der Waals surface area (Å²) in [6.45, 7) is 25.6. The summed E-state index contributed by atoms with van der Waals surface area (Å²) in [4.78, 5) is 0. The van der Waals surface area contributed by atoms with Crippen LogP contribution in [0.4, 0.5) is 0 Å². The second-order valence-electron chi connectivity index (χ2n) is 14.4. The van der Waals surface area contributed by atoms with Crippen LogP contribution in [0.2, 0.25) is 0 Å². The Labute approximate surface area is 231 Å². The lowest BCUT2D eigenvalue weighted by Gasteiger charge is -2.29. The molecule has 0 saturated carbocycles. The van der Waals surface area contributed by atoms with E-state index < -0.39 is 6.48 Å². The first-order valence-corrected chi connectivity index (χ1v) is 13.7. The third-order valence-electron chi connectivity index (χ3n) is 6.78. The van der Waals surface area contributed by atoms with E-state index in [9.17, 15) is 0 Å². The molecule has 0 aromatic heterocycles. The number of hydrogen-bond acceptors (Lipinski definition) is 3. The summed E-state index contributed by atoms with van der Waals surface area (Å²) in [6.07, 6.45) is 0. The van der Waals surface area contributed by atoms with Gasteiger partial charge in [-0.25, -0.2) is 0 Å². The molecule has 0 amide bonds. The van der Waals surface area contributed by atoms with Crippen molar-refractivity contribution in [2.45, 2.75) is 111 Å². The topological polar surface area (TPSA) is 27.7 Å². The fraction of sp³-hybridized carbons (Fsp3) is 0.486. The van der Waals surface area contributed by atoms with E-state index >= 15 is 0 Å². The minimum Gasteiger partial charge on any atom is -0.423 e. The quantitative estimate of drug-likeness (QED) is 0.305. The molecule has 0 spiro atoms. The maximum atomic E-state index is 6.50. The molecule has 0 aliphatic rings.